The van der Waals surface area contributed by atoms with E-state index in [1.54, 1.807) is 24.3 Å². The SMILES string of the molecule is CC(=O)c1ccc(NC(=O)[C@@H]2O[C@@H]3OC4(CCCCC4)O[C@@H]3[C@H]3OC4(CCCCC4)O[C@@H]32)cc1. The third kappa shape index (κ3) is 3.99. The maximum Gasteiger partial charge on any atom is 0.256 e. The minimum atomic E-state index is -0.887. The predicted molar refractivity (Wildman–Crippen MR) is 121 cm³/mol. The van der Waals surface area contributed by atoms with Crippen LogP contribution in [0.25, 0.3) is 0 Å². The van der Waals surface area contributed by atoms with Crippen molar-refractivity contribution in [3.63, 3.8) is 0 Å². The summed E-state index contributed by atoms with van der Waals surface area (Å²) in [5.41, 5.74) is 1.19. The fourth-order valence-electron chi connectivity index (χ4n) is 6.17. The number of carbonyl (C=O) groups excluding carboxylic acids is 2. The normalized spacial score (nSPS) is 35.6. The zero-order chi connectivity index (χ0) is 23.3. The van der Waals surface area contributed by atoms with Crippen LogP contribution in [0.3, 0.4) is 0 Å². The van der Waals surface area contributed by atoms with Crippen molar-refractivity contribution in [1.82, 2.24) is 0 Å². The molecular weight excluding hydrogens is 438 g/mol. The molecule has 34 heavy (non-hydrogen) atoms. The molecule has 0 bridgehead atoms. The van der Waals surface area contributed by atoms with Gasteiger partial charge >= 0.3 is 0 Å². The van der Waals surface area contributed by atoms with E-state index < -0.39 is 42.3 Å². The highest BCUT2D eigenvalue weighted by Gasteiger charge is 2.65. The van der Waals surface area contributed by atoms with Crippen LogP contribution >= 0.6 is 0 Å². The maximum absolute atomic E-state index is 13.4. The van der Waals surface area contributed by atoms with Gasteiger partial charge in [0.25, 0.3) is 5.91 Å². The summed E-state index contributed by atoms with van der Waals surface area (Å²) in [4.78, 5) is 25.0. The lowest BCUT2D eigenvalue weighted by atomic mass is 9.94. The van der Waals surface area contributed by atoms with Crippen LogP contribution < -0.4 is 5.32 Å². The number of carbonyl (C=O) groups is 2. The molecule has 1 N–H and O–H groups in total. The quantitative estimate of drug-likeness (QED) is 0.664. The second-order valence-corrected chi connectivity index (χ2v) is 10.4. The zero-order valence-electron chi connectivity index (χ0n) is 19.6. The summed E-state index contributed by atoms with van der Waals surface area (Å²) in [7, 11) is 0. The van der Waals surface area contributed by atoms with Crippen molar-refractivity contribution in [3.05, 3.63) is 29.8 Å². The number of hydrogen-bond acceptors (Lipinski definition) is 7. The number of anilines is 1. The first-order chi connectivity index (χ1) is 16.5. The molecule has 1 amide bonds. The molecule has 8 heteroatoms. The molecule has 3 saturated heterocycles. The van der Waals surface area contributed by atoms with Crippen molar-refractivity contribution in [2.45, 2.75) is 113 Å². The minimum Gasteiger partial charge on any atom is -0.341 e. The Morgan fingerprint density at radius 3 is 1.94 bits per heavy atom. The first-order valence-corrected chi connectivity index (χ1v) is 12.7. The summed E-state index contributed by atoms with van der Waals surface area (Å²) >= 11 is 0. The second-order valence-electron chi connectivity index (χ2n) is 10.4. The Morgan fingerprint density at radius 2 is 1.32 bits per heavy atom. The molecule has 3 aliphatic heterocycles. The molecule has 0 radical (unpaired) electrons. The number of Topliss-reactive ketones (excluding diaryl/α,β-unsaturated/α-hetero) is 1. The average Bonchev–Trinajstić information content (AvgIpc) is 3.37. The van der Waals surface area contributed by atoms with E-state index in [-0.39, 0.29) is 11.7 Å². The van der Waals surface area contributed by atoms with Crippen molar-refractivity contribution < 1.29 is 33.3 Å². The number of fused-ring (bicyclic) bond motifs is 3. The van der Waals surface area contributed by atoms with Crippen molar-refractivity contribution in [2.75, 3.05) is 5.32 Å². The number of ether oxygens (including phenoxy) is 5. The average molecular weight is 472 g/mol. The van der Waals surface area contributed by atoms with Crippen LogP contribution in [-0.4, -0.2) is 54.0 Å². The van der Waals surface area contributed by atoms with Gasteiger partial charge in [-0.25, -0.2) is 0 Å². The largest absolute Gasteiger partial charge is 0.341 e. The smallest absolute Gasteiger partial charge is 0.256 e. The van der Waals surface area contributed by atoms with Gasteiger partial charge in [-0.3, -0.25) is 9.59 Å². The standard InChI is InChI=1S/C26H33NO7/c1-16(28)17-8-10-18(11-9-17)27-23(29)21-19-20(32-25(31-19)12-4-2-5-13-25)22-24(30-21)34-26(33-22)14-6-3-7-15-26/h8-11,19-22,24H,2-7,12-15H2,1H3,(H,27,29)/t19-,20-,21+,22+,24+/m0/s1. The number of rotatable bonds is 3. The molecule has 8 nitrogen and oxygen atoms in total. The lowest BCUT2D eigenvalue weighted by Gasteiger charge is -2.36. The molecule has 0 unspecified atom stereocenters. The number of benzene rings is 1. The van der Waals surface area contributed by atoms with E-state index in [4.69, 9.17) is 23.7 Å². The highest BCUT2D eigenvalue weighted by Crippen LogP contribution is 2.51. The maximum atomic E-state index is 13.4. The third-order valence-electron chi connectivity index (χ3n) is 7.93. The summed E-state index contributed by atoms with van der Waals surface area (Å²) in [6.45, 7) is 1.52. The molecule has 2 spiro atoms. The van der Waals surface area contributed by atoms with Gasteiger partial charge < -0.3 is 29.0 Å². The number of amides is 1. The molecule has 5 atom stereocenters. The Bertz CT molecular complexity index is 935. The van der Waals surface area contributed by atoms with E-state index in [1.807, 2.05) is 0 Å². The fraction of sp³-hybridized carbons (Fsp3) is 0.692. The summed E-state index contributed by atoms with van der Waals surface area (Å²) in [5.74, 6) is -1.67. The van der Waals surface area contributed by atoms with Gasteiger partial charge in [0.15, 0.2) is 29.8 Å². The van der Waals surface area contributed by atoms with Gasteiger partial charge in [-0.05, 0) is 56.9 Å². The lowest BCUT2D eigenvalue weighted by Crippen LogP contribution is -2.58. The molecule has 2 aliphatic carbocycles. The number of nitrogens with one attached hydrogen (secondary N) is 1. The van der Waals surface area contributed by atoms with Crippen LogP contribution in [-0.2, 0) is 28.5 Å². The summed E-state index contributed by atoms with van der Waals surface area (Å²) in [6, 6.07) is 6.84. The van der Waals surface area contributed by atoms with E-state index >= 15 is 0 Å². The van der Waals surface area contributed by atoms with Gasteiger partial charge in [-0.15, -0.1) is 0 Å². The summed E-state index contributed by atoms with van der Waals surface area (Å²) in [5, 5.41) is 2.93. The molecule has 1 aromatic rings. The van der Waals surface area contributed by atoms with Crippen molar-refractivity contribution >= 4 is 17.4 Å². The molecule has 5 aliphatic rings. The first kappa shape index (κ1) is 22.6. The van der Waals surface area contributed by atoms with E-state index in [9.17, 15) is 9.59 Å². The first-order valence-electron chi connectivity index (χ1n) is 12.7. The highest BCUT2D eigenvalue weighted by molar-refractivity contribution is 5.97. The Kier molecular flexibility index (Phi) is 5.77. The molecule has 0 aromatic heterocycles. The highest BCUT2D eigenvalue weighted by atomic mass is 16.9. The predicted octanol–water partition coefficient (Wildman–Crippen LogP) is 4.07. The fourth-order valence-corrected chi connectivity index (χ4v) is 6.17. The van der Waals surface area contributed by atoms with Crippen LogP contribution in [0.5, 0.6) is 0 Å². The topological polar surface area (TPSA) is 92.3 Å². The van der Waals surface area contributed by atoms with Gasteiger partial charge in [0.05, 0.1) is 0 Å². The molecule has 184 valence electrons. The lowest BCUT2D eigenvalue weighted by molar-refractivity contribution is -0.246. The number of hydrogen-bond donors (Lipinski definition) is 1. The van der Waals surface area contributed by atoms with Crippen LogP contribution in [0.2, 0.25) is 0 Å². The van der Waals surface area contributed by atoms with Crippen molar-refractivity contribution in [1.29, 1.82) is 0 Å². The Balaban J connectivity index is 1.25. The van der Waals surface area contributed by atoms with Gasteiger partial charge in [-0.1, -0.05) is 12.8 Å². The number of ketones is 1. The minimum absolute atomic E-state index is 0.0216. The molecule has 6 rings (SSSR count). The molecule has 5 fully saturated rings. The van der Waals surface area contributed by atoms with E-state index in [0.29, 0.717) is 11.3 Å². The summed E-state index contributed by atoms with van der Waals surface area (Å²) < 4.78 is 32.2. The van der Waals surface area contributed by atoms with Crippen LogP contribution in [0.4, 0.5) is 5.69 Å². The van der Waals surface area contributed by atoms with Gasteiger partial charge in [0, 0.05) is 36.9 Å². The van der Waals surface area contributed by atoms with Crippen LogP contribution in [0.1, 0.15) is 81.5 Å². The van der Waals surface area contributed by atoms with Gasteiger partial charge in [0.2, 0.25) is 0 Å². The van der Waals surface area contributed by atoms with E-state index in [2.05, 4.69) is 5.32 Å². The molecule has 3 heterocycles. The third-order valence-corrected chi connectivity index (χ3v) is 7.93. The molecule has 1 aromatic carbocycles. The Hall–Kier alpha value is -1.84. The Morgan fingerprint density at radius 1 is 0.765 bits per heavy atom. The van der Waals surface area contributed by atoms with Crippen LogP contribution in [0, 0.1) is 0 Å². The molecule has 2 saturated carbocycles. The van der Waals surface area contributed by atoms with E-state index in [0.717, 1.165) is 57.8 Å². The summed E-state index contributed by atoms with van der Waals surface area (Å²) in [6.07, 6.45) is 6.82. The van der Waals surface area contributed by atoms with Gasteiger partial charge in [0.1, 0.15) is 18.3 Å². The zero-order valence-corrected chi connectivity index (χ0v) is 19.6. The van der Waals surface area contributed by atoms with Gasteiger partial charge in [-0.2, -0.15) is 0 Å². The molecular formula is C26H33NO7. The second kappa shape index (κ2) is 8.68. The van der Waals surface area contributed by atoms with Crippen LogP contribution in [0.15, 0.2) is 24.3 Å². The van der Waals surface area contributed by atoms with Crippen molar-refractivity contribution in [2.24, 2.45) is 0 Å². The monoisotopic (exact) mass is 471 g/mol. The van der Waals surface area contributed by atoms with E-state index in [1.165, 1.54) is 13.3 Å². The Labute approximate surface area is 199 Å². The van der Waals surface area contributed by atoms with Crippen molar-refractivity contribution in [3.8, 4) is 0 Å².